The summed E-state index contributed by atoms with van der Waals surface area (Å²) in [6.07, 6.45) is 6.72. The lowest BCUT2D eigenvalue weighted by molar-refractivity contribution is -0.0196. The minimum Gasteiger partial charge on any atom is -0.483 e. The van der Waals surface area contributed by atoms with Gasteiger partial charge in [0, 0.05) is 37.9 Å². The van der Waals surface area contributed by atoms with Gasteiger partial charge in [-0.25, -0.2) is 19.2 Å². The van der Waals surface area contributed by atoms with Crippen LogP contribution in [0.1, 0.15) is 50.7 Å². The summed E-state index contributed by atoms with van der Waals surface area (Å²) in [5.74, 6) is 0.661. The molecule has 1 amide bonds. The first-order chi connectivity index (χ1) is 18.6. The Kier molecular flexibility index (Phi) is 6.41. The van der Waals surface area contributed by atoms with Crippen LogP contribution in [0.15, 0.2) is 30.9 Å². The highest BCUT2D eigenvalue weighted by Crippen LogP contribution is 2.41. The van der Waals surface area contributed by atoms with E-state index in [9.17, 15) is 4.79 Å². The van der Waals surface area contributed by atoms with E-state index in [0.29, 0.717) is 36.3 Å². The summed E-state index contributed by atoms with van der Waals surface area (Å²) < 4.78 is 28.5. The van der Waals surface area contributed by atoms with E-state index in [4.69, 9.17) is 9.47 Å². The molecule has 0 bridgehead atoms. The van der Waals surface area contributed by atoms with Crippen molar-refractivity contribution in [1.82, 2.24) is 29.5 Å². The third kappa shape index (κ3) is 5.15. The van der Waals surface area contributed by atoms with Crippen molar-refractivity contribution < 1.29 is 18.7 Å². The Morgan fingerprint density at radius 1 is 1.18 bits per heavy atom. The van der Waals surface area contributed by atoms with Crippen LogP contribution in [0.5, 0.6) is 5.75 Å². The number of amides is 1. The molecule has 6 rings (SSSR count). The summed E-state index contributed by atoms with van der Waals surface area (Å²) in [6.45, 7) is 8.99. The molecule has 1 aromatic carbocycles. The monoisotopic (exact) mass is 535 g/mol. The van der Waals surface area contributed by atoms with Gasteiger partial charge in [-0.1, -0.05) is 0 Å². The lowest BCUT2D eigenvalue weighted by Crippen LogP contribution is -2.62. The first kappa shape index (κ1) is 25.5. The molecule has 0 unspecified atom stereocenters. The maximum Gasteiger partial charge on any atom is 0.410 e. The molecule has 1 N–H and O–H groups in total. The third-order valence-corrected chi connectivity index (χ3v) is 7.63. The minimum absolute atomic E-state index is 0.150. The Morgan fingerprint density at radius 3 is 2.64 bits per heavy atom. The van der Waals surface area contributed by atoms with E-state index < -0.39 is 5.60 Å². The molecular weight excluding hydrogens is 501 g/mol. The fourth-order valence-corrected chi connectivity index (χ4v) is 5.57. The van der Waals surface area contributed by atoms with Crippen molar-refractivity contribution in [1.29, 1.82) is 0 Å². The zero-order valence-corrected chi connectivity index (χ0v) is 22.8. The number of piperidine rings is 1. The van der Waals surface area contributed by atoms with Crippen molar-refractivity contribution in [2.75, 3.05) is 31.5 Å². The number of aryl methyl sites for hydroxylation is 1. The number of nitrogens with zero attached hydrogens (tertiary/aromatic N) is 6. The fraction of sp³-hybridized carbons (Fsp3) is 0.500. The second-order valence-electron chi connectivity index (χ2n) is 11.6. The smallest absolute Gasteiger partial charge is 0.410 e. The molecule has 3 aliphatic rings. The largest absolute Gasteiger partial charge is 0.483 e. The zero-order chi connectivity index (χ0) is 27.3. The van der Waals surface area contributed by atoms with E-state index >= 15 is 4.39 Å². The van der Waals surface area contributed by atoms with Gasteiger partial charge in [0.15, 0.2) is 11.6 Å². The Balaban J connectivity index is 1.12. The fourth-order valence-electron chi connectivity index (χ4n) is 5.57. The van der Waals surface area contributed by atoms with Gasteiger partial charge in [-0.05, 0) is 70.3 Å². The van der Waals surface area contributed by atoms with E-state index in [1.807, 2.05) is 40.1 Å². The van der Waals surface area contributed by atoms with Gasteiger partial charge in [-0.15, -0.1) is 0 Å². The van der Waals surface area contributed by atoms with E-state index in [2.05, 4.69) is 25.3 Å². The van der Waals surface area contributed by atoms with Gasteiger partial charge < -0.3 is 19.7 Å². The molecule has 2 aromatic heterocycles. The molecule has 39 heavy (non-hydrogen) atoms. The van der Waals surface area contributed by atoms with Gasteiger partial charge in [0.2, 0.25) is 0 Å². The van der Waals surface area contributed by atoms with Crippen LogP contribution in [0, 0.1) is 5.82 Å². The van der Waals surface area contributed by atoms with Crippen molar-refractivity contribution in [3.63, 3.8) is 0 Å². The van der Waals surface area contributed by atoms with Crippen LogP contribution in [0.3, 0.4) is 0 Å². The van der Waals surface area contributed by atoms with E-state index in [1.54, 1.807) is 21.8 Å². The first-order valence-electron chi connectivity index (χ1n) is 13.4. The number of hydrogen-bond acceptors (Lipinski definition) is 8. The lowest BCUT2D eigenvalue weighted by Gasteiger charge is -2.47. The maximum absolute atomic E-state index is 15.3. The van der Waals surface area contributed by atoms with Gasteiger partial charge in [-0.3, -0.25) is 9.58 Å². The molecule has 0 atom stereocenters. The van der Waals surface area contributed by atoms with Gasteiger partial charge in [0.25, 0.3) is 0 Å². The van der Waals surface area contributed by atoms with Crippen molar-refractivity contribution in [2.24, 2.45) is 7.05 Å². The summed E-state index contributed by atoms with van der Waals surface area (Å²) in [6, 6.07) is 3.95. The highest BCUT2D eigenvalue weighted by molar-refractivity contribution is 5.74. The number of carbonyl (C=O) groups is 1. The number of ether oxygens (including phenoxy) is 2. The highest BCUT2D eigenvalue weighted by atomic mass is 19.1. The molecule has 11 heteroatoms. The minimum atomic E-state index is -0.486. The first-order valence-corrected chi connectivity index (χ1v) is 13.4. The molecule has 0 radical (unpaired) electrons. The van der Waals surface area contributed by atoms with Crippen LogP contribution in [0.25, 0.3) is 11.3 Å². The van der Waals surface area contributed by atoms with Crippen molar-refractivity contribution >= 4 is 17.6 Å². The van der Waals surface area contributed by atoms with E-state index in [1.165, 1.54) is 6.33 Å². The summed E-state index contributed by atoms with van der Waals surface area (Å²) >= 11 is 0. The number of hydrogen-bond donors (Lipinski definition) is 1. The predicted molar refractivity (Wildman–Crippen MR) is 143 cm³/mol. The summed E-state index contributed by atoms with van der Waals surface area (Å²) in [7, 11) is 1.85. The molecule has 2 fully saturated rings. The average molecular weight is 536 g/mol. The van der Waals surface area contributed by atoms with Crippen molar-refractivity contribution in [3.8, 4) is 17.0 Å². The van der Waals surface area contributed by atoms with Crippen LogP contribution in [0.2, 0.25) is 0 Å². The summed E-state index contributed by atoms with van der Waals surface area (Å²) in [5, 5.41) is 7.55. The second-order valence-corrected chi connectivity index (χ2v) is 11.6. The van der Waals surface area contributed by atoms with Gasteiger partial charge >= 0.3 is 6.09 Å². The topological polar surface area (TPSA) is 97.6 Å². The Labute approximate surface area is 227 Å². The third-order valence-electron chi connectivity index (χ3n) is 7.63. The Morgan fingerprint density at radius 2 is 1.95 bits per heavy atom. The van der Waals surface area contributed by atoms with E-state index in [-0.39, 0.29) is 30.2 Å². The molecule has 0 aliphatic carbocycles. The normalized spacial score (nSPS) is 18.3. The van der Waals surface area contributed by atoms with Crippen molar-refractivity contribution in [2.45, 2.75) is 57.8 Å². The average Bonchev–Trinajstić information content (AvgIpc) is 3.18. The molecule has 206 valence electrons. The number of anilines is 2. The predicted octanol–water partition coefficient (Wildman–Crippen LogP) is 4.45. The second kappa shape index (κ2) is 9.78. The molecule has 2 saturated heterocycles. The van der Waals surface area contributed by atoms with Crippen LogP contribution in [-0.4, -0.2) is 73.5 Å². The van der Waals surface area contributed by atoms with Crippen LogP contribution >= 0.6 is 0 Å². The Hall–Kier alpha value is -3.73. The zero-order valence-electron chi connectivity index (χ0n) is 22.8. The standard InChI is InChI=1S/C28H34FN7O3/c1-28(2,3)39-27(37)36-13-20(14-36)35-7-5-17(6-8-35)18-9-22(29)25-23(10-18)33-26-21(15-38-25)24(30-16-31-26)19-11-32-34(4)12-19/h9-12,16-17,20H,5-8,13-15H2,1-4H3,(H,30,31,33). The van der Waals surface area contributed by atoms with Crippen LogP contribution < -0.4 is 10.1 Å². The molecule has 3 aromatic rings. The molecule has 5 heterocycles. The van der Waals surface area contributed by atoms with Gasteiger partial charge in [0.05, 0.1) is 23.1 Å². The number of fused-ring (bicyclic) bond motifs is 2. The number of nitrogens with one attached hydrogen (secondary N) is 1. The highest BCUT2D eigenvalue weighted by Gasteiger charge is 2.38. The Bertz CT molecular complexity index is 1390. The van der Waals surface area contributed by atoms with Crippen LogP contribution in [0.4, 0.5) is 20.7 Å². The molecule has 10 nitrogen and oxygen atoms in total. The van der Waals surface area contributed by atoms with Gasteiger partial charge in [-0.2, -0.15) is 5.10 Å². The molecule has 3 aliphatic heterocycles. The van der Waals surface area contributed by atoms with Crippen LogP contribution in [-0.2, 0) is 18.4 Å². The maximum atomic E-state index is 15.3. The number of likely N-dealkylation sites (tertiary alicyclic amines) is 2. The van der Waals surface area contributed by atoms with E-state index in [0.717, 1.165) is 42.6 Å². The number of carbonyl (C=O) groups excluding carboxylic acids is 1. The molecule has 0 spiro atoms. The number of rotatable bonds is 3. The van der Waals surface area contributed by atoms with Crippen molar-refractivity contribution in [3.05, 3.63) is 47.8 Å². The number of halogens is 1. The quantitative estimate of drug-likeness (QED) is 0.526. The molecular formula is C28H34FN7O3. The molecule has 0 saturated carbocycles. The SMILES string of the molecule is Cn1cc(-c2ncnc3c2COc2c(F)cc(C4CCN(C5CN(C(=O)OC(C)(C)C)C5)CC4)cc2N3)cn1. The summed E-state index contributed by atoms with van der Waals surface area (Å²) in [5.41, 5.74) is 3.37. The number of benzene rings is 1. The van der Waals surface area contributed by atoms with Gasteiger partial charge in [0.1, 0.15) is 24.4 Å². The number of aromatic nitrogens is 4. The lowest BCUT2D eigenvalue weighted by atomic mass is 9.87. The summed E-state index contributed by atoms with van der Waals surface area (Å²) in [4.78, 5) is 25.3.